The van der Waals surface area contributed by atoms with E-state index in [1.54, 1.807) is 13.2 Å². The van der Waals surface area contributed by atoms with E-state index in [2.05, 4.69) is 24.1 Å². The Morgan fingerprint density at radius 1 is 1.21 bits per heavy atom. The molecule has 188 valence electrons. The second-order valence-corrected chi connectivity index (χ2v) is 9.14. The summed E-state index contributed by atoms with van der Waals surface area (Å²) in [6, 6.07) is 6.96. The monoisotopic (exact) mass is 465 g/mol. The van der Waals surface area contributed by atoms with Crippen molar-refractivity contribution in [1.29, 1.82) is 0 Å². The number of aliphatic hydroxyl groups excluding tert-OH is 1. The molecule has 3 atom stereocenters. The summed E-state index contributed by atoms with van der Waals surface area (Å²) in [7, 11) is 1.68. The van der Waals surface area contributed by atoms with Crippen molar-refractivity contribution in [3.8, 4) is 5.75 Å². The van der Waals surface area contributed by atoms with Crippen molar-refractivity contribution in [3.05, 3.63) is 29.8 Å². The molecular formula is C25H43N3O5. The minimum atomic E-state index is -0.604. The van der Waals surface area contributed by atoms with Crippen LogP contribution in [0.1, 0.15) is 43.5 Å². The average Bonchev–Trinajstić information content (AvgIpc) is 2.82. The zero-order valence-electron chi connectivity index (χ0n) is 20.5. The van der Waals surface area contributed by atoms with E-state index >= 15 is 0 Å². The number of benzene rings is 1. The Labute approximate surface area is 198 Å². The molecule has 1 amide bonds. The van der Waals surface area contributed by atoms with E-state index in [1.807, 2.05) is 18.2 Å². The number of aliphatic hydroxyl groups is 1. The van der Waals surface area contributed by atoms with Crippen molar-refractivity contribution in [3.63, 3.8) is 0 Å². The molecule has 0 saturated carbocycles. The number of ether oxygens (including phenoxy) is 3. The van der Waals surface area contributed by atoms with Gasteiger partial charge in [0.15, 0.2) is 0 Å². The molecule has 1 aliphatic heterocycles. The van der Waals surface area contributed by atoms with Gasteiger partial charge < -0.3 is 30.4 Å². The molecule has 1 aromatic carbocycles. The molecule has 33 heavy (non-hydrogen) atoms. The first-order valence-electron chi connectivity index (χ1n) is 12.1. The Hall–Kier alpha value is -1.71. The summed E-state index contributed by atoms with van der Waals surface area (Å²) in [4.78, 5) is 15.1. The fourth-order valence-electron chi connectivity index (χ4n) is 3.91. The number of rotatable bonds is 15. The molecule has 8 nitrogen and oxygen atoms in total. The number of methoxy groups -OCH3 is 1. The van der Waals surface area contributed by atoms with Crippen LogP contribution in [0.25, 0.3) is 0 Å². The molecule has 1 aliphatic rings. The van der Waals surface area contributed by atoms with Crippen LogP contribution in [0, 0.1) is 11.8 Å². The molecule has 0 aromatic heterocycles. The Bertz CT molecular complexity index is 682. The highest BCUT2D eigenvalue weighted by Gasteiger charge is 2.25. The van der Waals surface area contributed by atoms with Gasteiger partial charge in [0.05, 0.1) is 31.5 Å². The van der Waals surface area contributed by atoms with Crippen LogP contribution in [-0.2, 0) is 9.47 Å². The molecule has 0 bridgehead atoms. The molecule has 0 spiro atoms. The smallest absolute Gasteiger partial charge is 0.255 e. The van der Waals surface area contributed by atoms with Crippen LogP contribution < -0.4 is 15.8 Å². The summed E-state index contributed by atoms with van der Waals surface area (Å²) in [6.45, 7) is 9.56. The molecule has 0 radical (unpaired) electrons. The first-order chi connectivity index (χ1) is 15.9. The summed E-state index contributed by atoms with van der Waals surface area (Å²) < 4.78 is 16.3. The van der Waals surface area contributed by atoms with Crippen LogP contribution in [-0.4, -0.2) is 87.8 Å². The predicted octanol–water partition coefficient (Wildman–Crippen LogP) is 1.90. The fourth-order valence-corrected chi connectivity index (χ4v) is 3.91. The summed E-state index contributed by atoms with van der Waals surface area (Å²) in [6.07, 6.45) is 1.82. The highest BCUT2D eigenvalue weighted by Crippen LogP contribution is 2.21. The standard InChI is InChI=1S/C25H43N3O5/c1-19(2)20(16-22(26)23(29)18-28-10-14-32-15-11-28)17-27-25(30)21-8-4-5-9-24(21)33-13-7-6-12-31-3/h4-5,8-9,19-20,22-23,29H,6-7,10-18,26H2,1-3H3,(H,27,30)/t20-,22+,23+/m1/s1. The number of hydrogen-bond donors (Lipinski definition) is 3. The number of amides is 1. The van der Waals surface area contributed by atoms with Gasteiger partial charge in [-0.05, 0) is 43.2 Å². The zero-order valence-corrected chi connectivity index (χ0v) is 20.5. The van der Waals surface area contributed by atoms with Gasteiger partial charge in [0.25, 0.3) is 5.91 Å². The molecule has 1 aromatic rings. The maximum Gasteiger partial charge on any atom is 0.255 e. The third-order valence-corrected chi connectivity index (χ3v) is 6.22. The van der Waals surface area contributed by atoms with Gasteiger partial charge in [-0.1, -0.05) is 26.0 Å². The third-order valence-electron chi connectivity index (χ3n) is 6.22. The lowest BCUT2D eigenvalue weighted by molar-refractivity contribution is 0.00730. The van der Waals surface area contributed by atoms with Crippen molar-refractivity contribution < 1.29 is 24.1 Å². The molecule has 4 N–H and O–H groups in total. The van der Waals surface area contributed by atoms with Crippen molar-refractivity contribution in [2.75, 3.05) is 59.7 Å². The summed E-state index contributed by atoms with van der Waals surface area (Å²) in [5, 5.41) is 13.7. The van der Waals surface area contributed by atoms with Crippen LogP contribution >= 0.6 is 0 Å². The lowest BCUT2D eigenvalue weighted by Gasteiger charge is -2.32. The first-order valence-corrected chi connectivity index (χ1v) is 12.1. The van der Waals surface area contributed by atoms with Crippen LogP contribution in [0.3, 0.4) is 0 Å². The molecule has 0 aliphatic carbocycles. The minimum Gasteiger partial charge on any atom is -0.493 e. The predicted molar refractivity (Wildman–Crippen MR) is 130 cm³/mol. The number of nitrogens with zero attached hydrogens (tertiary/aromatic N) is 1. The van der Waals surface area contributed by atoms with Gasteiger partial charge in [-0.25, -0.2) is 0 Å². The van der Waals surface area contributed by atoms with Gasteiger partial charge in [0, 0.05) is 45.9 Å². The largest absolute Gasteiger partial charge is 0.493 e. The van der Waals surface area contributed by atoms with Crippen LogP contribution in [0.2, 0.25) is 0 Å². The van der Waals surface area contributed by atoms with Gasteiger partial charge in [0.2, 0.25) is 0 Å². The summed E-state index contributed by atoms with van der Waals surface area (Å²) >= 11 is 0. The third kappa shape index (κ3) is 9.98. The van der Waals surface area contributed by atoms with Crippen molar-refractivity contribution in [2.45, 2.75) is 45.3 Å². The number of carbonyl (C=O) groups excluding carboxylic acids is 1. The molecule has 1 heterocycles. The zero-order chi connectivity index (χ0) is 24.1. The number of hydrogen-bond acceptors (Lipinski definition) is 7. The van der Waals surface area contributed by atoms with Gasteiger partial charge in [-0.3, -0.25) is 9.69 Å². The quantitative estimate of drug-likeness (QED) is 0.340. The van der Waals surface area contributed by atoms with Crippen LogP contribution in [0.5, 0.6) is 5.75 Å². The molecule has 1 saturated heterocycles. The van der Waals surface area contributed by atoms with Gasteiger partial charge >= 0.3 is 0 Å². The number of β-amino-alcohol motifs (C(OH)–C–C–N with tert-alkyl or cyclic N) is 1. The Morgan fingerprint density at radius 2 is 1.91 bits per heavy atom. The average molecular weight is 466 g/mol. The van der Waals surface area contributed by atoms with Crippen molar-refractivity contribution >= 4 is 5.91 Å². The van der Waals surface area contributed by atoms with E-state index in [9.17, 15) is 9.90 Å². The number of para-hydroxylation sites is 1. The number of nitrogens with one attached hydrogen (secondary N) is 1. The molecule has 8 heteroatoms. The molecule has 0 unspecified atom stereocenters. The Morgan fingerprint density at radius 3 is 2.61 bits per heavy atom. The second kappa shape index (κ2) is 15.2. The SMILES string of the molecule is COCCCCOc1ccccc1C(=O)NC[C@@H](C[C@H](N)[C@@H](O)CN1CCOCC1)C(C)C. The minimum absolute atomic E-state index is 0.157. The maximum atomic E-state index is 12.9. The van der Waals surface area contributed by atoms with E-state index < -0.39 is 6.10 Å². The Balaban J connectivity index is 1.85. The lowest BCUT2D eigenvalue weighted by Crippen LogP contribution is -2.48. The van der Waals surface area contributed by atoms with Gasteiger partial charge in [-0.15, -0.1) is 0 Å². The number of morpholine rings is 1. The van der Waals surface area contributed by atoms with Crippen LogP contribution in [0.15, 0.2) is 24.3 Å². The fraction of sp³-hybridized carbons (Fsp3) is 0.720. The number of unbranched alkanes of at least 4 members (excludes halogenated alkanes) is 1. The van der Waals surface area contributed by atoms with Gasteiger partial charge in [0.1, 0.15) is 5.75 Å². The summed E-state index contributed by atoms with van der Waals surface area (Å²) in [5.74, 6) is 0.909. The topological polar surface area (TPSA) is 106 Å². The second-order valence-electron chi connectivity index (χ2n) is 9.14. The normalized spacial score (nSPS) is 17.5. The van der Waals surface area contributed by atoms with Gasteiger partial charge in [-0.2, -0.15) is 0 Å². The van der Waals surface area contributed by atoms with E-state index in [1.165, 1.54) is 0 Å². The summed E-state index contributed by atoms with van der Waals surface area (Å²) in [5.41, 5.74) is 6.89. The molecule has 2 rings (SSSR count). The number of carbonyl (C=O) groups is 1. The first kappa shape index (κ1) is 27.5. The molecular weight excluding hydrogens is 422 g/mol. The van der Waals surface area contributed by atoms with Crippen LogP contribution in [0.4, 0.5) is 0 Å². The maximum absolute atomic E-state index is 12.9. The highest BCUT2D eigenvalue weighted by atomic mass is 16.5. The van der Waals surface area contributed by atoms with E-state index in [0.717, 1.165) is 25.9 Å². The van der Waals surface area contributed by atoms with Crippen molar-refractivity contribution in [2.24, 2.45) is 17.6 Å². The van der Waals surface area contributed by atoms with Crippen molar-refractivity contribution in [1.82, 2.24) is 10.2 Å². The lowest BCUT2D eigenvalue weighted by atomic mass is 9.87. The Kier molecular flexibility index (Phi) is 12.7. The van der Waals surface area contributed by atoms with E-state index in [-0.39, 0.29) is 17.9 Å². The van der Waals surface area contributed by atoms with E-state index in [4.69, 9.17) is 19.9 Å². The highest BCUT2D eigenvalue weighted by molar-refractivity contribution is 5.96. The molecule has 1 fully saturated rings. The van der Waals surface area contributed by atoms with E-state index in [0.29, 0.717) is 63.2 Å². The number of nitrogens with two attached hydrogens (primary N) is 1.